The van der Waals surface area contributed by atoms with E-state index < -0.39 is 10.6 Å². The van der Waals surface area contributed by atoms with Crippen LogP contribution in [-0.4, -0.2) is 12.9 Å². The van der Waals surface area contributed by atoms with E-state index in [-0.39, 0.29) is 0 Å². The van der Waals surface area contributed by atoms with Crippen molar-refractivity contribution in [3.05, 3.63) is 66.2 Å². The summed E-state index contributed by atoms with van der Waals surface area (Å²) in [6.45, 7) is 3.22. The van der Waals surface area contributed by atoms with E-state index in [0.717, 1.165) is 10.5 Å². The van der Waals surface area contributed by atoms with Crippen LogP contribution in [0.4, 0.5) is 0 Å². The average molecular weight is 276 g/mol. The molecule has 0 heterocycles. The van der Waals surface area contributed by atoms with Crippen LogP contribution in [0.25, 0.3) is 0 Å². The van der Waals surface area contributed by atoms with Gasteiger partial charge in [0.15, 0.2) is 0 Å². The van der Waals surface area contributed by atoms with Crippen LogP contribution in [0.15, 0.2) is 65.6 Å². The van der Waals surface area contributed by atoms with E-state index in [0.29, 0.717) is 13.2 Å². The lowest BCUT2D eigenvalue weighted by Gasteiger charge is -2.39. The minimum Gasteiger partial charge on any atom is -0.280 e. The van der Waals surface area contributed by atoms with Crippen molar-refractivity contribution in [3.63, 3.8) is 0 Å². The second-order valence-electron chi connectivity index (χ2n) is 4.24. The number of benzene rings is 2. The van der Waals surface area contributed by atoms with Crippen molar-refractivity contribution in [2.75, 3.05) is 12.9 Å². The Balaban J connectivity index is 2.12. The minimum atomic E-state index is -1.67. The molecule has 0 spiro atoms. The standard InChI is InChI=1S/C16H20O2S/c1-3-17-19(2,16-12-8-5-9-13-16)18-14-15-10-6-4-7-11-15/h4-13H,3,14H2,1-2H3. The second-order valence-corrected chi connectivity index (χ2v) is 6.73. The van der Waals surface area contributed by atoms with Gasteiger partial charge in [-0.3, -0.25) is 8.37 Å². The topological polar surface area (TPSA) is 18.5 Å². The van der Waals surface area contributed by atoms with Crippen molar-refractivity contribution in [3.8, 4) is 0 Å². The molecule has 0 aromatic heterocycles. The molecule has 3 heteroatoms. The van der Waals surface area contributed by atoms with E-state index in [1.165, 1.54) is 0 Å². The monoisotopic (exact) mass is 276 g/mol. The normalized spacial score (nSPS) is 15.7. The molecule has 1 atom stereocenters. The van der Waals surface area contributed by atoms with Gasteiger partial charge in [-0.2, -0.15) is 10.6 Å². The molecule has 0 N–H and O–H groups in total. The fraction of sp³-hybridized carbons (Fsp3) is 0.250. The third kappa shape index (κ3) is 3.83. The van der Waals surface area contributed by atoms with Gasteiger partial charge in [0.05, 0.1) is 18.1 Å². The van der Waals surface area contributed by atoms with Gasteiger partial charge in [0, 0.05) is 6.26 Å². The Labute approximate surface area is 117 Å². The zero-order chi connectivity index (χ0) is 13.6. The molecule has 102 valence electrons. The van der Waals surface area contributed by atoms with E-state index in [1.54, 1.807) is 0 Å². The van der Waals surface area contributed by atoms with E-state index in [2.05, 4.69) is 30.5 Å². The van der Waals surface area contributed by atoms with Crippen LogP contribution in [-0.2, 0) is 15.0 Å². The zero-order valence-electron chi connectivity index (χ0n) is 11.4. The summed E-state index contributed by atoms with van der Waals surface area (Å²) in [6.07, 6.45) is 2.05. The molecular formula is C16H20O2S. The molecule has 0 bridgehead atoms. The molecule has 0 radical (unpaired) electrons. The molecule has 19 heavy (non-hydrogen) atoms. The summed E-state index contributed by atoms with van der Waals surface area (Å²) >= 11 is 0. The lowest BCUT2D eigenvalue weighted by atomic mass is 10.2. The predicted molar refractivity (Wildman–Crippen MR) is 81.1 cm³/mol. The van der Waals surface area contributed by atoms with Crippen molar-refractivity contribution in [2.45, 2.75) is 18.4 Å². The molecule has 0 fully saturated rings. The van der Waals surface area contributed by atoms with Gasteiger partial charge in [0.25, 0.3) is 0 Å². The zero-order valence-corrected chi connectivity index (χ0v) is 12.2. The van der Waals surface area contributed by atoms with Crippen molar-refractivity contribution in [2.24, 2.45) is 0 Å². The van der Waals surface area contributed by atoms with Crippen molar-refractivity contribution in [1.29, 1.82) is 0 Å². The maximum Gasteiger partial charge on any atom is 0.0969 e. The first-order valence-corrected chi connectivity index (χ1v) is 8.30. The van der Waals surface area contributed by atoms with Gasteiger partial charge in [-0.05, 0) is 24.6 Å². The Morgan fingerprint density at radius 1 is 0.842 bits per heavy atom. The highest BCUT2D eigenvalue weighted by atomic mass is 32.3. The third-order valence-corrected chi connectivity index (χ3v) is 5.19. The Bertz CT molecular complexity index is 487. The maximum absolute atomic E-state index is 6.10. The van der Waals surface area contributed by atoms with E-state index >= 15 is 0 Å². The Morgan fingerprint density at radius 3 is 2.00 bits per heavy atom. The smallest absolute Gasteiger partial charge is 0.0969 e. The highest BCUT2D eigenvalue weighted by Crippen LogP contribution is 2.54. The maximum atomic E-state index is 6.10. The highest BCUT2D eigenvalue weighted by molar-refractivity contribution is 8.25. The molecule has 0 aliphatic carbocycles. The summed E-state index contributed by atoms with van der Waals surface area (Å²) in [4.78, 5) is 1.12. The molecule has 0 saturated carbocycles. The third-order valence-electron chi connectivity index (χ3n) is 2.81. The summed E-state index contributed by atoms with van der Waals surface area (Å²) in [5.74, 6) is 0. The number of hydrogen-bond acceptors (Lipinski definition) is 2. The number of hydrogen-bond donors (Lipinski definition) is 0. The fourth-order valence-electron chi connectivity index (χ4n) is 1.82. The van der Waals surface area contributed by atoms with E-state index in [4.69, 9.17) is 8.37 Å². The largest absolute Gasteiger partial charge is 0.280 e. The Hall–Kier alpha value is -1.29. The van der Waals surface area contributed by atoms with Crippen LogP contribution in [0, 0.1) is 0 Å². The lowest BCUT2D eigenvalue weighted by molar-refractivity contribution is 0.261. The molecule has 0 aliphatic heterocycles. The van der Waals surface area contributed by atoms with Crippen molar-refractivity contribution >= 4 is 10.6 Å². The van der Waals surface area contributed by atoms with Crippen LogP contribution in [0.2, 0.25) is 0 Å². The fourth-order valence-corrected chi connectivity index (χ4v) is 3.62. The molecule has 2 nitrogen and oxygen atoms in total. The highest BCUT2D eigenvalue weighted by Gasteiger charge is 2.17. The Morgan fingerprint density at radius 2 is 1.42 bits per heavy atom. The van der Waals surface area contributed by atoms with Gasteiger partial charge >= 0.3 is 0 Å². The van der Waals surface area contributed by atoms with E-state index in [1.807, 2.05) is 43.3 Å². The second kappa shape index (κ2) is 6.75. The van der Waals surface area contributed by atoms with Gasteiger partial charge in [-0.25, -0.2) is 0 Å². The molecule has 0 saturated heterocycles. The van der Waals surface area contributed by atoms with Gasteiger partial charge in [0.1, 0.15) is 0 Å². The SMILES string of the molecule is CCOS(C)(OCc1ccccc1)c1ccccc1. The summed E-state index contributed by atoms with van der Waals surface area (Å²) in [5.41, 5.74) is 1.16. The van der Waals surface area contributed by atoms with Gasteiger partial charge < -0.3 is 0 Å². The summed E-state index contributed by atoms with van der Waals surface area (Å²) in [5, 5.41) is 0. The average Bonchev–Trinajstić information content (AvgIpc) is 2.48. The minimum absolute atomic E-state index is 0.571. The first kappa shape index (κ1) is 14.1. The van der Waals surface area contributed by atoms with Gasteiger partial charge in [-0.15, -0.1) is 0 Å². The first-order valence-electron chi connectivity index (χ1n) is 6.41. The molecule has 0 amide bonds. The molecule has 1 unspecified atom stereocenters. The summed E-state index contributed by atoms with van der Waals surface area (Å²) in [6, 6.07) is 20.4. The first-order chi connectivity index (χ1) is 9.24. The van der Waals surface area contributed by atoms with Crippen molar-refractivity contribution in [1.82, 2.24) is 0 Å². The Kier molecular flexibility index (Phi) is 5.02. The molecule has 2 aromatic carbocycles. The van der Waals surface area contributed by atoms with Gasteiger partial charge in [-0.1, -0.05) is 48.5 Å². The molecule has 0 aliphatic rings. The quantitative estimate of drug-likeness (QED) is 0.770. The van der Waals surface area contributed by atoms with Gasteiger partial charge in [0.2, 0.25) is 0 Å². The predicted octanol–water partition coefficient (Wildman–Crippen LogP) is 4.56. The van der Waals surface area contributed by atoms with Crippen LogP contribution < -0.4 is 0 Å². The molecule has 2 rings (SSSR count). The molecule has 2 aromatic rings. The van der Waals surface area contributed by atoms with Crippen LogP contribution in [0.5, 0.6) is 0 Å². The van der Waals surface area contributed by atoms with E-state index in [9.17, 15) is 0 Å². The summed E-state index contributed by atoms with van der Waals surface area (Å²) < 4.78 is 12.0. The summed E-state index contributed by atoms with van der Waals surface area (Å²) in [7, 11) is -1.67. The van der Waals surface area contributed by atoms with Crippen LogP contribution >= 0.6 is 10.6 Å². The van der Waals surface area contributed by atoms with Crippen molar-refractivity contribution < 1.29 is 8.37 Å². The van der Waals surface area contributed by atoms with Crippen LogP contribution in [0.1, 0.15) is 12.5 Å². The molecular weight excluding hydrogens is 256 g/mol. The number of rotatable bonds is 6. The lowest BCUT2D eigenvalue weighted by Crippen LogP contribution is -2.08. The van der Waals surface area contributed by atoms with Crippen LogP contribution in [0.3, 0.4) is 0 Å².